The molecule has 0 atom stereocenters. The highest BCUT2D eigenvalue weighted by Gasteiger charge is 2.32. The van der Waals surface area contributed by atoms with Crippen LogP contribution < -0.4 is 15.4 Å². The van der Waals surface area contributed by atoms with Crippen LogP contribution in [0.1, 0.15) is 44.1 Å². The van der Waals surface area contributed by atoms with E-state index in [1.54, 1.807) is 6.07 Å². The van der Waals surface area contributed by atoms with Gasteiger partial charge in [-0.1, -0.05) is 24.1 Å². The Morgan fingerprint density at radius 2 is 1.86 bits per heavy atom. The van der Waals surface area contributed by atoms with Crippen LogP contribution in [0.15, 0.2) is 36.5 Å². The van der Waals surface area contributed by atoms with Gasteiger partial charge in [-0.2, -0.15) is 0 Å². The minimum Gasteiger partial charge on any atom is -0.405 e. The van der Waals surface area contributed by atoms with Crippen LogP contribution in [0, 0.1) is 33.9 Å². The van der Waals surface area contributed by atoms with E-state index in [2.05, 4.69) is 37.2 Å². The van der Waals surface area contributed by atoms with Crippen LogP contribution in [0.4, 0.5) is 30.4 Å². The van der Waals surface area contributed by atoms with Crippen LogP contribution in [-0.4, -0.2) is 40.8 Å². The standard InChI is InChI=1S/C26H30F3N5O3/c27-26(28,29)37-24-6-2-1-5-21(24)17-31-25-15-22(23(18-32-25)34(35)36)30-16-20-9-7-19(8-10-20)11-14-33-12-3-4-13-33/h1-2,5-6,15,18-20H,3-4,7-10,12-13,16-17H2,(H2,30,31,32). The highest BCUT2D eigenvalue weighted by molar-refractivity contribution is 5.65. The molecule has 198 valence electrons. The number of alkyl halides is 3. The number of likely N-dealkylation sites (tertiary alicyclic amines) is 1. The van der Waals surface area contributed by atoms with Gasteiger partial charge in [-0.05, 0) is 50.5 Å². The molecule has 0 spiro atoms. The maximum absolute atomic E-state index is 12.7. The molecule has 8 nitrogen and oxygen atoms in total. The fourth-order valence-electron chi connectivity index (χ4n) is 4.67. The van der Waals surface area contributed by atoms with Crippen molar-refractivity contribution in [2.45, 2.75) is 51.4 Å². The number of nitrogens with one attached hydrogen (secondary N) is 2. The molecule has 11 heteroatoms. The molecule has 0 bridgehead atoms. The van der Waals surface area contributed by atoms with E-state index < -0.39 is 11.3 Å². The number of para-hydroxylation sites is 1. The van der Waals surface area contributed by atoms with Crippen LogP contribution in [0.3, 0.4) is 0 Å². The van der Waals surface area contributed by atoms with E-state index >= 15 is 0 Å². The summed E-state index contributed by atoms with van der Waals surface area (Å²) in [5.74, 6) is 4.17. The van der Waals surface area contributed by atoms with Gasteiger partial charge in [0.15, 0.2) is 0 Å². The normalized spacial score (nSPS) is 19.6. The number of nitro groups is 1. The Bertz CT molecular complexity index is 1130. The highest BCUT2D eigenvalue weighted by Crippen LogP contribution is 2.32. The summed E-state index contributed by atoms with van der Waals surface area (Å²) in [7, 11) is 0. The number of anilines is 2. The van der Waals surface area contributed by atoms with E-state index in [0.29, 0.717) is 29.9 Å². The summed E-state index contributed by atoms with van der Waals surface area (Å²) < 4.78 is 42.1. The molecule has 2 aliphatic rings. The Labute approximate surface area is 213 Å². The van der Waals surface area contributed by atoms with Gasteiger partial charge < -0.3 is 20.3 Å². The number of benzene rings is 1. The Hall–Kier alpha value is -3.68. The first-order valence-electron chi connectivity index (χ1n) is 12.5. The van der Waals surface area contributed by atoms with Gasteiger partial charge in [-0.25, -0.2) is 4.98 Å². The van der Waals surface area contributed by atoms with Crippen molar-refractivity contribution in [1.82, 2.24) is 9.88 Å². The van der Waals surface area contributed by atoms with Crippen molar-refractivity contribution in [3.05, 3.63) is 52.2 Å². The molecule has 2 N–H and O–H groups in total. The second kappa shape index (κ2) is 12.0. The van der Waals surface area contributed by atoms with Gasteiger partial charge in [0.25, 0.3) is 0 Å². The third-order valence-corrected chi connectivity index (χ3v) is 6.70. The van der Waals surface area contributed by atoms with Crippen molar-refractivity contribution in [2.75, 3.05) is 30.3 Å². The summed E-state index contributed by atoms with van der Waals surface area (Å²) in [6.45, 7) is 2.70. The first-order valence-corrected chi connectivity index (χ1v) is 12.5. The van der Waals surface area contributed by atoms with Crippen molar-refractivity contribution < 1.29 is 22.8 Å². The number of hydrogen-bond donors (Lipinski definition) is 2. The van der Waals surface area contributed by atoms with Crippen molar-refractivity contribution >= 4 is 17.2 Å². The molecule has 2 fully saturated rings. The van der Waals surface area contributed by atoms with E-state index in [-0.39, 0.29) is 23.5 Å². The first-order chi connectivity index (χ1) is 17.8. The largest absolute Gasteiger partial charge is 0.573 e. The zero-order valence-electron chi connectivity index (χ0n) is 20.4. The molecule has 2 heterocycles. The highest BCUT2D eigenvalue weighted by atomic mass is 19.4. The third-order valence-electron chi connectivity index (χ3n) is 6.70. The minimum absolute atomic E-state index is 0.00101. The van der Waals surface area contributed by atoms with Crippen molar-refractivity contribution in [3.8, 4) is 17.7 Å². The number of ether oxygens (including phenoxy) is 1. The molecular formula is C26H30F3N5O3. The van der Waals surface area contributed by atoms with Crippen molar-refractivity contribution in [2.24, 2.45) is 11.8 Å². The summed E-state index contributed by atoms with van der Waals surface area (Å²) in [6, 6.07) is 10.6. The Balaban J connectivity index is 1.33. The van der Waals surface area contributed by atoms with Crippen LogP contribution in [0.2, 0.25) is 0 Å². The second-order valence-electron chi connectivity index (χ2n) is 9.40. The van der Waals surface area contributed by atoms with Gasteiger partial charge in [-0.3, -0.25) is 10.1 Å². The molecule has 37 heavy (non-hydrogen) atoms. The van der Waals surface area contributed by atoms with Gasteiger partial charge in [0, 0.05) is 49.8 Å². The van der Waals surface area contributed by atoms with Crippen molar-refractivity contribution in [3.63, 3.8) is 0 Å². The van der Waals surface area contributed by atoms with Crippen LogP contribution in [0.5, 0.6) is 5.75 Å². The Morgan fingerprint density at radius 1 is 1.14 bits per heavy atom. The molecular weight excluding hydrogens is 487 g/mol. The van der Waals surface area contributed by atoms with E-state index in [9.17, 15) is 23.3 Å². The van der Waals surface area contributed by atoms with E-state index in [1.165, 1.54) is 37.1 Å². The van der Waals surface area contributed by atoms with Crippen LogP contribution in [-0.2, 0) is 6.54 Å². The maximum Gasteiger partial charge on any atom is 0.573 e. The SMILES string of the molecule is O=[N+]([O-])c1cnc(NCc2ccccc2OC(F)(F)F)cc1NCC1CCC(C#CN2CCCC2)CC1. The Morgan fingerprint density at radius 3 is 2.57 bits per heavy atom. The Kier molecular flexibility index (Phi) is 8.58. The molecule has 0 amide bonds. The number of aromatic nitrogens is 1. The summed E-state index contributed by atoms with van der Waals surface area (Å²) in [4.78, 5) is 17.3. The van der Waals surface area contributed by atoms with Gasteiger partial charge in [0.2, 0.25) is 0 Å². The number of nitrogens with zero attached hydrogens (tertiary/aromatic N) is 3. The van der Waals surface area contributed by atoms with Gasteiger partial charge >= 0.3 is 12.0 Å². The summed E-state index contributed by atoms with van der Waals surface area (Å²) in [6.07, 6.45) is 2.77. The van der Waals surface area contributed by atoms with Crippen LogP contribution in [0.25, 0.3) is 0 Å². The molecule has 1 aliphatic carbocycles. The molecule has 1 aromatic carbocycles. The summed E-state index contributed by atoms with van der Waals surface area (Å²) >= 11 is 0. The summed E-state index contributed by atoms with van der Waals surface area (Å²) in [5, 5.41) is 17.7. The quantitative estimate of drug-likeness (QED) is 0.261. The minimum atomic E-state index is -4.81. The average Bonchev–Trinajstić information content (AvgIpc) is 3.39. The lowest BCUT2D eigenvalue weighted by atomic mass is 9.82. The van der Waals surface area contributed by atoms with E-state index in [4.69, 9.17) is 0 Å². The van der Waals surface area contributed by atoms with Crippen LogP contribution >= 0.6 is 0 Å². The molecule has 1 aliphatic heterocycles. The molecule has 2 aromatic rings. The molecule has 0 unspecified atom stereocenters. The van der Waals surface area contributed by atoms with E-state index in [1.807, 2.05) is 0 Å². The smallest absolute Gasteiger partial charge is 0.405 e. The van der Waals surface area contributed by atoms with E-state index in [0.717, 1.165) is 45.0 Å². The first kappa shape index (κ1) is 26.4. The lowest BCUT2D eigenvalue weighted by Gasteiger charge is -2.26. The number of halogens is 3. The number of rotatable bonds is 8. The predicted molar refractivity (Wildman–Crippen MR) is 134 cm³/mol. The zero-order chi connectivity index (χ0) is 26.3. The third kappa shape index (κ3) is 7.90. The van der Waals surface area contributed by atoms with Gasteiger partial charge in [-0.15, -0.1) is 13.2 Å². The van der Waals surface area contributed by atoms with Gasteiger partial charge in [0.1, 0.15) is 23.5 Å². The maximum atomic E-state index is 12.7. The van der Waals surface area contributed by atoms with Crippen molar-refractivity contribution in [1.29, 1.82) is 0 Å². The summed E-state index contributed by atoms with van der Waals surface area (Å²) in [5.41, 5.74) is 0.439. The topological polar surface area (TPSA) is 92.6 Å². The second-order valence-corrected chi connectivity index (χ2v) is 9.40. The molecule has 1 saturated carbocycles. The average molecular weight is 518 g/mol. The zero-order valence-corrected chi connectivity index (χ0v) is 20.4. The molecule has 1 aromatic heterocycles. The molecule has 0 radical (unpaired) electrons. The lowest BCUT2D eigenvalue weighted by molar-refractivity contribution is -0.384. The fraction of sp³-hybridized carbons (Fsp3) is 0.500. The van der Waals surface area contributed by atoms with Gasteiger partial charge in [0.05, 0.1) is 4.92 Å². The number of pyridine rings is 1. The molecule has 4 rings (SSSR count). The lowest BCUT2D eigenvalue weighted by Crippen LogP contribution is -2.21. The molecule has 1 saturated heterocycles. The predicted octanol–water partition coefficient (Wildman–Crippen LogP) is 5.78. The number of hydrogen-bond acceptors (Lipinski definition) is 7. The fourth-order valence-corrected chi connectivity index (χ4v) is 4.67. The monoisotopic (exact) mass is 517 g/mol.